The number of imidazole rings is 1. The molecule has 20 heavy (non-hydrogen) atoms. The Balaban J connectivity index is 1.54. The van der Waals surface area contributed by atoms with Crippen molar-refractivity contribution in [1.82, 2.24) is 19.8 Å². The van der Waals surface area contributed by atoms with Crippen LogP contribution >= 0.6 is 0 Å². The minimum absolute atomic E-state index is 0.0697. The number of anilines is 1. The second kappa shape index (κ2) is 5.83. The van der Waals surface area contributed by atoms with Gasteiger partial charge < -0.3 is 15.2 Å². The molecule has 0 saturated carbocycles. The van der Waals surface area contributed by atoms with Gasteiger partial charge in [-0.25, -0.2) is 4.98 Å². The van der Waals surface area contributed by atoms with Gasteiger partial charge in [0.25, 0.3) is 5.91 Å². The molecule has 1 saturated heterocycles. The minimum Gasteiger partial charge on any atom is -0.356 e. The van der Waals surface area contributed by atoms with E-state index in [2.05, 4.69) is 27.4 Å². The molecule has 0 aliphatic carbocycles. The first-order valence-corrected chi connectivity index (χ1v) is 7.57. The molecule has 0 radical (unpaired) electrons. The van der Waals surface area contributed by atoms with Crippen LogP contribution in [0.5, 0.6) is 0 Å². The highest BCUT2D eigenvalue weighted by molar-refractivity contribution is 5.92. The number of amides is 1. The molecule has 2 aliphatic rings. The monoisotopic (exact) mass is 277 g/mol. The first-order chi connectivity index (χ1) is 9.74. The van der Waals surface area contributed by atoms with Crippen molar-refractivity contribution in [1.29, 1.82) is 0 Å². The van der Waals surface area contributed by atoms with Gasteiger partial charge in [0.2, 0.25) is 5.95 Å². The van der Waals surface area contributed by atoms with Crippen LogP contribution in [0.2, 0.25) is 0 Å². The van der Waals surface area contributed by atoms with Crippen molar-refractivity contribution >= 4 is 11.9 Å². The number of aromatic nitrogens is 2. The fourth-order valence-electron chi connectivity index (χ4n) is 2.93. The first kappa shape index (κ1) is 13.4. The summed E-state index contributed by atoms with van der Waals surface area (Å²) in [5, 5.41) is 6.21. The SMILES string of the molecule is CC(CNC(=O)c1cn2c(n1)NCCC2)N1CCCC1. The fourth-order valence-corrected chi connectivity index (χ4v) is 2.93. The Morgan fingerprint density at radius 2 is 2.20 bits per heavy atom. The molecule has 1 aromatic heterocycles. The summed E-state index contributed by atoms with van der Waals surface area (Å²) >= 11 is 0. The molecule has 0 aromatic carbocycles. The lowest BCUT2D eigenvalue weighted by atomic mass is 10.3. The van der Waals surface area contributed by atoms with E-state index < -0.39 is 0 Å². The van der Waals surface area contributed by atoms with Crippen LogP contribution in [0.15, 0.2) is 6.20 Å². The number of rotatable bonds is 4. The van der Waals surface area contributed by atoms with Crippen molar-refractivity contribution in [2.75, 3.05) is 31.5 Å². The van der Waals surface area contributed by atoms with Gasteiger partial charge in [-0.15, -0.1) is 0 Å². The number of hydrogen-bond donors (Lipinski definition) is 2. The summed E-state index contributed by atoms with van der Waals surface area (Å²) in [5.74, 6) is 0.744. The van der Waals surface area contributed by atoms with Crippen molar-refractivity contribution in [3.63, 3.8) is 0 Å². The number of carbonyl (C=O) groups is 1. The normalized spacial score (nSPS) is 20.2. The molecule has 3 rings (SSSR count). The van der Waals surface area contributed by atoms with Crippen LogP contribution in [0.3, 0.4) is 0 Å². The summed E-state index contributed by atoms with van der Waals surface area (Å²) in [5.41, 5.74) is 0.517. The summed E-state index contributed by atoms with van der Waals surface area (Å²) in [4.78, 5) is 18.9. The third kappa shape index (κ3) is 2.80. The molecule has 6 nitrogen and oxygen atoms in total. The number of fused-ring (bicyclic) bond motifs is 1. The molecule has 0 bridgehead atoms. The van der Waals surface area contributed by atoms with Gasteiger partial charge in [0.15, 0.2) is 0 Å². The van der Waals surface area contributed by atoms with Gasteiger partial charge in [-0.2, -0.15) is 0 Å². The molecule has 1 aromatic rings. The predicted molar refractivity (Wildman–Crippen MR) is 77.9 cm³/mol. The van der Waals surface area contributed by atoms with Crippen LogP contribution < -0.4 is 10.6 Å². The van der Waals surface area contributed by atoms with Gasteiger partial charge >= 0.3 is 0 Å². The Morgan fingerprint density at radius 1 is 1.40 bits per heavy atom. The summed E-state index contributed by atoms with van der Waals surface area (Å²) in [6.45, 7) is 7.04. The molecule has 2 aliphatic heterocycles. The summed E-state index contributed by atoms with van der Waals surface area (Å²) in [6.07, 6.45) is 5.48. The van der Waals surface area contributed by atoms with Crippen LogP contribution in [0.1, 0.15) is 36.7 Å². The molecule has 1 fully saturated rings. The van der Waals surface area contributed by atoms with Crippen molar-refractivity contribution < 1.29 is 4.79 Å². The summed E-state index contributed by atoms with van der Waals surface area (Å²) in [6, 6.07) is 0.400. The van der Waals surface area contributed by atoms with E-state index in [1.165, 1.54) is 12.8 Å². The van der Waals surface area contributed by atoms with E-state index in [9.17, 15) is 4.79 Å². The molecule has 3 heterocycles. The van der Waals surface area contributed by atoms with Crippen LogP contribution in [0.4, 0.5) is 5.95 Å². The number of likely N-dealkylation sites (tertiary alicyclic amines) is 1. The number of nitrogens with zero attached hydrogens (tertiary/aromatic N) is 3. The molecule has 0 spiro atoms. The smallest absolute Gasteiger partial charge is 0.271 e. The van der Waals surface area contributed by atoms with E-state index >= 15 is 0 Å². The van der Waals surface area contributed by atoms with E-state index in [1.54, 1.807) is 0 Å². The first-order valence-electron chi connectivity index (χ1n) is 7.57. The number of nitrogens with one attached hydrogen (secondary N) is 2. The average Bonchev–Trinajstić information content (AvgIpc) is 3.12. The van der Waals surface area contributed by atoms with Crippen molar-refractivity contribution in [2.24, 2.45) is 0 Å². The Morgan fingerprint density at radius 3 is 2.95 bits per heavy atom. The quantitative estimate of drug-likeness (QED) is 0.859. The predicted octanol–water partition coefficient (Wildman–Crippen LogP) is 0.913. The van der Waals surface area contributed by atoms with Crippen LogP contribution in [0.25, 0.3) is 0 Å². The third-order valence-corrected chi connectivity index (χ3v) is 4.19. The zero-order chi connectivity index (χ0) is 13.9. The molecule has 1 unspecified atom stereocenters. The molecule has 110 valence electrons. The van der Waals surface area contributed by atoms with Gasteiger partial charge in [0, 0.05) is 31.9 Å². The topological polar surface area (TPSA) is 62.2 Å². The van der Waals surface area contributed by atoms with Gasteiger partial charge in [0.05, 0.1) is 0 Å². The van der Waals surface area contributed by atoms with Gasteiger partial charge in [-0.1, -0.05) is 0 Å². The summed E-state index contributed by atoms with van der Waals surface area (Å²) < 4.78 is 2.02. The second-order valence-electron chi connectivity index (χ2n) is 5.73. The van der Waals surface area contributed by atoms with Crippen LogP contribution in [-0.4, -0.2) is 52.6 Å². The highest BCUT2D eigenvalue weighted by Crippen LogP contribution is 2.14. The van der Waals surface area contributed by atoms with E-state index in [4.69, 9.17) is 0 Å². The van der Waals surface area contributed by atoms with Crippen molar-refractivity contribution in [3.8, 4) is 0 Å². The van der Waals surface area contributed by atoms with Crippen LogP contribution in [-0.2, 0) is 6.54 Å². The largest absolute Gasteiger partial charge is 0.356 e. The van der Waals surface area contributed by atoms with Gasteiger partial charge in [-0.05, 0) is 39.3 Å². The molecule has 2 N–H and O–H groups in total. The Hall–Kier alpha value is -1.56. The van der Waals surface area contributed by atoms with Crippen molar-refractivity contribution in [2.45, 2.75) is 38.8 Å². The van der Waals surface area contributed by atoms with E-state index in [0.717, 1.165) is 38.5 Å². The maximum atomic E-state index is 12.1. The minimum atomic E-state index is -0.0697. The lowest BCUT2D eigenvalue weighted by molar-refractivity contribution is 0.0936. The highest BCUT2D eigenvalue weighted by atomic mass is 16.1. The standard InChI is InChI=1S/C14H23N5O/c1-11(18-6-2-3-7-18)9-16-13(20)12-10-19-8-4-5-15-14(19)17-12/h10-11H,2-9H2,1H3,(H,15,17)(H,16,20). The lowest BCUT2D eigenvalue weighted by Crippen LogP contribution is -2.40. The fraction of sp³-hybridized carbons (Fsp3) is 0.714. The average molecular weight is 277 g/mol. The Bertz CT molecular complexity index is 454. The zero-order valence-corrected chi connectivity index (χ0v) is 12.1. The van der Waals surface area contributed by atoms with E-state index in [1.807, 2.05) is 10.8 Å². The van der Waals surface area contributed by atoms with E-state index in [-0.39, 0.29) is 5.91 Å². The Kier molecular flexibility index (Phi) is 3.91. The Labute approximate surface area is 119 Å². The number of aryl methyl sites for hydroxylation is 1. The summed E-state index contributed by atoms with van der Waals surface area (Å²) in [7, 11) is 0. The van der Waals surface area contributed by atoms with Crippen LogP contribution in [0, 0.1) is 0 Å². The third-order valence-electron chi connectivity index (χ3n) is 4.19. The zero-order valence-electron chi connectivity index (χ0n) is 12.1. The molecular formula is C14H23N5O. The highest BCUT2D eigenvalue weighted by Gasteiger charge is 2.20. The molecular weight excluding hydrogens is 254 g/mol. The maximum Gasteiger partial charge on any atom is 0.271 e. The number of hydrogen-bond acceptors (Lipinski definition) is 4. The number of carbonyl (C=O) groups excluding carboxylic acids is 1. The van der Waals surface area contributed by atoms with Gasteiger partial charge in [0.1, 0.15) is 5.69 Å². The van der Waals surface area contributed by atoms with Crippen molar-refractivity contribution in [3.05, 3.63) is 11.9 Å². The maximum absolute atomic E-state index is 12.1. The molecule has 1 amide bonds. The molecule has 1 atom stereocenters. The van der Waals surface area contributed by atoms with E-state index in [0.29, 0.717) is 18.3 Å². The van der Waals surface area contributed by atoms with Gasteiger partial charge in [-0.3, -0.25) is 9.69 Å². The molecule has 6 heteroatoms. The lowest BCUT2D eigenvalue weighted by Gasteiger charge is -2.23. The second-order valence-corrected chi connectivity index (χ2v) is 5.73.